The van der Waals surface area contributed by atoms with E-state index in [1.807, 2.05) is 0 Å². The van der Waals surface area contributed by atoms with Gasteiger partial charge < -0.3 is 14.7 Å². The van der Waals surface area contributed by atoms with Crippen molar-refractivity contribution in [3.63, 3.8) is 0 Å². The number of ether oxygens (including phenoxy) is 1. The van der Waals surface area contributed by atoms with Gasteiger partial charge in [0.1, 0.15) is 5.71 Å². The highest BCUT2D eigenvalue weighted by atomic mass is 16.5. The van der Waals surface area contributed by atoms with E-state index in [4.69, 9.17) is 9.84 Å². The molecule has 0 aromatic carbocycles. The van der Waals surface area contributed by atoms with Crippen LogP contribution in [0.5, 0.6) is 0 Å². The van der Waals surface area contributed by atoms with Gasteiger partial charge >= 0.3 is 5.97 Å². The van der Waals surface area contributed by atoms with Crippen molar-refractivity contribution >= 4 is 23.5 Å². The fraction of sp³-hybridized carbons (Fsp3) is 0.750. The number of amides is 2. The first-order chi connectivity index (χ1) is 11.5. The number of carbonyl (C=O) groups excluding carboxylic acids is 2. The standard InChI is InChI=1S/C16H23N3O5/c1-18-14(20)5-2-11(17-18)15(21)19-8-6-10(7-9-19)12-3-4-13(24-12)16(22)23/h10,12-13H,2-9H2,1H3,(H,22,23)/t12-,13+/m0/s1. The molecule has 0 saturated carbocycles. The van der Waals surface area contributed by atoms with Gasteiger partial charge in [0.25, 0.3) is 5.91 Å². The minimum atomic E-state index is -0.890. The lowest BCUT2D eigenvalue weighted by Gasteiger charge is -2.35. The first kappa shape index (κ1) is 16.9. The molecule has 0 bridgehead atoms. The molecule has 8 heteroatoms. The molecule has 0 spiro atoms. The maximum Gasteiger partial charge on any atom is 0.332 e. The number of nitrogens with zero attached hydrogens (tertiary/aromatic N) is 3. The van der Waals surface area contributed by atoms with Crippen LogP contribution in [0.4, 0.5) is 0 Å². The van der Waals surface area contributed by atoms with Gasteiger partial charge in [-0.05, 0) is 31.6 Å². The van der Waals surface area contributed by atoms with E-state index in [0.717, 1.165) is 19.3 Å². The zero-order chi connectivity index (χ0) is 17.3. The SMILES string of the molecule is CN1N=C(C(=O)N2CCC([C@@H]3CC[C@H](C(=O)O)O3)CC2)CCC1=O. The molecule has 1 N–H and O–H groups in total. The fourth-order valence-corrected chi connectivity index (χ4v) is 3.67. The number of aliphatic carboxylic acids is 1. The van der Waals surface area contributed by atoms with Gasteiger partial charge in [0.2, 0.25) is 5.91 Å². The van der Waals surface area contributed by atoms with Gasteiger partial charge in [-0.1, -0.05) is 0 Å². The largest absolute Gasteiger partial charge is 0.479 e. The van der Waals surface area contributed by atoms with Crippen molar-refractivity contribution < 1.29 is 24.2 Å². The van der Waals surface area contributed by atoms with Crippen LogP contribution in [0.15, 0.2) is 5.10 Å². The lowest BCUT2D eigenvalue weighted by atomic mass is 9.89. The molecule has 2 atom stereocenters. The number of rotatable bonds is 3. The molecule has 0 aromatic heterocycles. The number of carbonyl (C=O) groups is 3. The molecule has 132 valence electrons. The van der Waals surface area contributed by atoms with E-state index in [2.05, 4.69) is 5.10 Å². The van der Waals surface area contributed by atoms with Gasteiger partial charge in [-0.25, -0.2) is 9.80 Å². The quantitative estimate of drug-likeness (QED) is 0.807. The molecule has 3 rings (SSSR count). The maximum absolute atomic E-state index is 12.5. The van der Waals surface area contributed by atoms with Crippen molar-refractivity contribution in [2.45, 2.75) is 50.7 Å². The summed E-state index contributed by atoms with van der Waals surface area (Å²) in [6, 6.07) is 0. The molecule has 0 unspecified atom stereocenters. The lowest BCUT2D eigenvalue weighted by molar-refractivity contribution is -0.150. The Labute approximate surface area is 140 Å². The van der Waals surface area contributed by atoms with Gasteiger partial charge in [0.15, 0.2) is 6.10 Å². The smallest absolute Gasteiger partial charge is 0.332 e. The Morgan fingerprint density at radius 1 is 1.17 bits per heavy atom. The summed E-state index contributed by atoms with van der Waals surface area (Å²) in [7, 11) is 1.57. The van der Waals surface area contributed by atoms with E-state index in [-0.39, 0.29) is 17.9 Å². The first-order valence-corrected chi connectivity index (χ1v) is 8.47. The van der Waals surface area contributed by atoms with Crippen LogP contribution in [-0.2, 0) is 19.1 Å². The van der Waals surface area contributed by atoms with Crippen LogP contribution in [0, 0.1) is 5.92 Å². The zero-order valence-electron chi connectivity index (χ0n) is 13.8. The monoisotopic (exact) mass is 337 g/mol. The number of likely N-dealkylation sites (tertiary alicyclic amines) is 1. The average Bonchev–Trinajstić information content (AvgIpc) is 3.07. The molecule has 2 saturated heterocycles. The molecule has 8 nitrogen and oxygen atoms in total. The number of hydrazone groups is 1. The van der Waals surface area contributed by atoms with E-state index in [1.54, 1.807) is 11.9 Å². The Morgan fingerprint density at radius 2 is 1.88 bits per heavy atom. The summed E-state index contributed by atoms with van der Waals surface area (Å²) in [6.45, 7) is 1.25. The predicted molar refractivity (Wildman–Crippen MR) is 84.3 cm³/mol. The first-order valence-electron chi connectivity index (χ1n) is 8.47. The van der Waals surface area contributed by atoms with Crippen molar-refractivity contribution in [3.05, 3.63) is 0 Å². The Morgan fingerprint density at radius 3 is 2.46 bits per heavy atom. The maximum atomic E-state index is 12.5. The van der Waals surface area contributed by atoms with Gasteiger partial charge in [-0.2, -0.15) is 5.10 Å². The third kappa shape index (κ3) is 3.43. The predicted octanol–water partition coefficient (Wildman–Crippen LogP) is 0.465. The van der Waals surface area contributed by atoms with Crippen LogP contribution >= 0.6 is 0 Å². The van der Waals surface area contributed by atoms with Gasteiger partial charge in [0, 0.05) is 33.0 Å². The topological polar surface area (TPSA) is 99.5 Å². The second-order valence-corrected chi connectivity index (χ2v) is 6.67. The molecular formula is C16H23N3O5. The highest BCUT2D eigenvalue weighted by molar-refractivity contribution is 6.39. The molecule has 0 radical (unpaired) electrons. The highest BCUT2D eigenvalue weighted by Crippen LogP contribution is 2.32. The summed E-state index contributed by atoms with van der Waals surface area (Å²) in [5.74, 6) is -0.754. The number of carboxylic acids is 1. The lowest BCUT2D eigenvalue weighted by Crippen LogP contribution is -2.45. The van der Waals surface area contributed by atoms with Crippen molar-refractivity contribution in [1.82, 2.24) is 9.91 Å². The van der Waals surface area contributed by atoms with Gasteiger partial charge in [0.05, 0.1) is 6.10 Å². The number of hydrogen-bond donors (Lipinski definition) is 1. The van der Waals surface area contributed by atoms with E-state index >= 15 is 0 Å². The summed E-state index contributed by atoms with van der Waals surface area (Å²) >= 11 is 0. The Bertz CT molecular complexity index is 568. The molecule has 3 aliphatic heterocycles. The molecule has 3 aliphatic rings. The summed E-state index contributed by atoms with van der Waals surface area (Å²) < 4.78 is 5.63. The third-order valence-corrected chi connectivity index (χ3v) is 5.13. The highest BCUT2D eigenvalue weighted by Gasteiger charge is 2.37. The zero-order valence-corrected chi connectivity index (χ0v) is 13.8. The summed E-state index contributed by atoms with van der Waals surface area (Å²) in [5.41, 5.74) is 0.443. The number of carboxylic acid groups (broad SMARTS) is 1. The van der Waals surface area contributed by atoms with Crippen LogP contribution < -0.4 is 0 Å². The Balaban J connectivity index is 1.52. The molecule has 0 aliphatic carbocycles. The van der Waals surface area contributed by atoms with Crippen molar-refractivity contribution in [2.24, 2.45) is 11.0 Å². The third-order valence-electron chi connectivity index (χ3n) is 5.13. The van der Waals surface area contributed by atoms with E-state index in [9.17, 15) is 14.4 Å². The fourth-order valence-electron chi connectivity index (χ4n) is 3.67. The minimum absolute atomic E-state index is 0.0147. The van der Waals surface area contributed by atoms with Crippen LogP contribution in [0.1, 0.15) is 38.5 Å². The van der Waals surface area contributed by atoms with E-state index in [1.165, 1.54) is 5.01 Å². The van der Waals surface area contributed by atoms with Crippen LogP contribution in [0.25, 0.3) is 0 Å². The number of piperidine rings is 1. The second kappa shape index (κ2) is 6.88. The van der Waals surface area contributed by atoms with Crippen LogP contribution in [0.2, 0.25) is 0 Å². The van der Waals surface area contributed by atoms with Gasteiger partial charge in [-0.3, -0.25) is 9.59 Å². The van der Waals surface area contributed by atoms with Crippen molar-refractivity contribution in [2.75, 3.05) is 20.1 Å². The summed E-state index contributed by atoms with van der Waals surface area (Å²) in [6.07, 6.45) is 2.98. The molecule has 0 aromatic rings. The second-order valence-electron chi connectivity index (χ2n) is 6.67. The summed E-state index contributed by atoms with van der Waals surface area (Å²) in [5, 5.41) is 14.3. The Kier molecular flexibility index (Phi) is 4.84. The average molecular weight is 337 g/mol. The van der Waals surface area contributed by atoms with Crippen molar-refractivity contribution in [3.8, 4) is 0 Å². The molecular weight excluding hydrogens is 314 g/mol. The van der Waals surface area contributed by atoms with Crippen molar-refractivity contribution in [1.29, 1.82) is 0 Å². The number of hydrogen-bond acceptors (Lipinski definition) is 5. The molecule has 24 heavy (non-hydrogen) atoms. The van der Waals surface area contributed by atoms with E-state index < -0.39 is 12.1 Å². The normalized spacial score (nSPS) is 28.9. The van der Waals surface area contributed by atoms with E-state index in [0.29, 0.717) is 44.0 Å². The van der Waals surface area contributed by atoms with Crippen LogP contribution in [0.3, 0.4) is 0 Å². The molecule has 2 fully saturated rings. The Hall–Kier alpha value is -1.96. The van der Waals surface area contributed by atoms with Gasteiger partial charge in [-0.15, -0.1) is 0 Å². The van der Waals surface area contributed by atoms with Crippen LogP contribution in [-0.4, -0.2) is 70.9 Å². The molecule has 2 amide bonds. The minimum Gasteiger partial charge on any atom is -0.479 e. The summed E-state index contributed by atoms with van der Waals surface area (Å²) in [4.78, 5) is 36.7. The molecule has 3 heterocycles.